The van der Waals surface area contributed by atoms with Crippen LogP contribution in [0.3, 0.4) is 0 Å². The van der Waals surface area contributed by atoms with Crippen LogP contribution in [-0.2, 0) is 9.59 Å². The molecule has 1 saturated heterocycles. The second kappa shape index (κ2) is 8.35. The summed E-state index contributed by atoms with van der Waals surface area (Å²) in [4.78, 5) is 25.5. The molecular weight excluding hydrogens is 362 g/mol. The number of methoxy groups -OCH3 is 1. The second-order valence-electron chi connectivity index (χ2n) is 5.16. The first-order valence-electron chi connectivity index (χ1n) is 7.73. The second-order valence-corrected chi connectivity index (χ2v) is 6.83. The van der Waals surface area contributed by atoms with E-state index in [1.54, 1.807) is 38.3 Å². The molecule has 134 valence electrons. The number of carboxylic acids is 1. The Morgan fingerprint density at radius 1 is 1.40 bits per heavy atom. The summed E-state index contributed by atoms with van der Waals surface area (Å²) in [6.07, 6.45) is 1.96. The standard InChI is InChI=1S/C17H19NO5S2/c1-4-11(16(20)21)18-15(19)14(25-17(18)24)9-10-6-7-12(23-5-2)13(8-10)22-3/h6-9,11H,4-5H2,1-3H3,(H,20,21)/b14-9+/t11-/m0/s1. The molecule has 8 heteroatoms. The predicted molar refractivity (Wildman–Crippen MR) is 101 cm³/mol. The van der Waals surface area contributed by atoms with E-state index < -0.39 is 17.9 Å². The van der Waals surface area contributed by atoms with Crippen LogP contribution in [0.5, 0.6) is 11.5 Å². The fraction of sp³-hybridized carbons (Fsp3) is 0.353. The lowest BCUT2D eigenvalue weighted by Crippen LogP contribution is -2.43. The van der Waals surface area contributed by atoms with Gasteiger partial charge in [0.15, 0.2) is 11.5 Å². The molecular formula is C17H19NO5S2. The number of rotatable bonds is 7. The molecule has 0 aromatic heterocycles. The molecule has 1 amide bonds. The Hall–Kier alpha value is -2.06. The molecule has 1 aromatic carbocycles. The maximum absolute atomic E-state index is 12.6. The predicted octanol–water partition coefficient (Wildman–Crippen LogP) is 3.16. The van der Waals surface area contributed by atoms with Crippen molar-refractivity contribution in [2.24, 2.45) is 0 Å². The van der Waals surface area contributed by atoms with Gasteiger partial charge in [-0.15, -0.1) is 0 Å². The lowest BCUT2D eigenvalue weighted by atomic mass is 10.1. The third-order valence-corrected chi connectivity index (χ3v) is 4.92. The van der Waals surface area contributed by atoms with Gasteiger partial charge in [-0.25, -0.2) is 4.79 Å². The van der Waals surface area contributed by atoms with Crippen molar-refractivity contribution < 1.29 is 24.2 Å². The normalized spacial score (nSPS) is 17.1. The minimum atomic E-state index is -1.07. The smallest absolute Gasteiger partial charge is 0.326 e. The maximum Gasteiger partial charge on any atom is 0.326 e. The number of benzene rings is 1. The molecule has 1 fully saturated rings. The Balaban J connectivity index is 2.31. The molecule has 6 nitrogen and oxygen atoms in total. The van der Waals surface area contributed by atoms with Gasteiger partial charge in [0, 0.05) is 0 Å². The molecule has 0 aliphatic carbocycles. The van der Waals surface area contributed by atoms with Gasteiger partial charge in [-0.2, -0.15) is 0 Å². The SMILES string of the molecule is CCOc1ccc(/C=C2/SC(=S)N([C@@H](CC)C(=O)O)C2=O)cc1OC. The topological polar surface area (TPSA) is 76.1 Å². The van der Waals surface area contributed by atoms with E-state index in [0.29, 0.717) is 23.0 Å². The minimum Gasteiger partial charge on any atom is -0.493 e. The molecule has 1 aliphatic rings. The van der Waals surface area contributed by atoms with E-state index in [4.69, 9.17) is 21.7 Å². The van der Waals surface area contributed by atoms with Crippen LogP contribution in [0.1, 0.15) is 25.8 Å². The van der Waals surface area contributed by atoms with E-state index in [-0.39, 0.29) is 10.7 Å². The first-order chi connectivity index (χ1) is 11.9. The van der Waals surface area contributed by atoms with Gasteiger partial charge in [0.05, 0.1) is 18.6 Å². The zero-order valence-corrected chi connectivity index (χ0v) is 15.8. The first-order valence-corrected chi connectivity index (χ1v) is 8.96. The van der Waals surface area contributed by atoms with Gasteiger partial charge >= 0.3 is 5.97 Å². The van der Waals surface area contributed by atoms with Crippen LogP contribution in [0, 0.1) is 0 Å². The quantitative estimate of drug-likeness (QED) is 0.574. The van der Waals surface area contributed by atoms with Crippen molar-refractivity contribution in [1.29, 1.82) is 0 Å². The summed E-state index contributed by atoms with van der Waals surface area (Å²) in [5.41, 5.74) is 0.740. The van der Waals surface area contributed by atoms with Crippen molar-refractivity contribution in [1.82, 2.24) is 4.90 Å². The fourth-order valence-corrected chi connectivity index (χ4v) is 3.77. The molecule has 1 heterocycles. The average molecular weight is 381 g/mol. The van der Waals surface area contributed by atoms with Gasteiger partial charge in [0.2, 0.25) is 0 Å². The number of carbonyl (C=O) groups is 2. The minimum absolute atomic E-state index is 0.253. The molecule has 2 rings (SSSR count). The number of thiocarbonyl (C=S) groups is 1. The Bertz CT molecular complexity index is 732. The van der Waals surface area contributed by atoms with Crippen molar-refractivity contribution in [3.05, 3.63) is 28.7 Å². The van der Waals surface area contributed by atoms with Gasteiger partial charge in [0.25, 0.3) is 5.91 Å². The van der Waals surface area contributed by atoms with Crippen LogP contribution in [0.4, 0.5) is 0 Å². The molecule has 0 saturated carbocycles. The lowest BCUT2D eigenvalue weighted by molar-refractivity contribution is -0.145. The highest BCUT2D eigenvalue weighted by Crippen LogP contribution is 2.36. The Kier molecular flexibility index (Phi) is 6.44. The summed E-state index contributed by atoms with van der Waals surface area (Å²) >= 11 is 6.29. The van der Waals surface area contributed by atoms with E-state index in [1.807, 2.05) is 6.92 Å². The zero-order chi connectivity index (χ0) is 18.6. The molecule has 0 bridgehead atoms. The van der Waals surface area contributed by atoms with Crippen LogP contribution < -0.4 is 9.47 Å². The number of thioether (sulfide) groups is 1. The van der Waals surface area contributed by atoms with Gasteiger partial charge < -0.3 is 14.6 Å². The van der Waals surface area contributed by atoms with Gasteiger partial charge in [-0.05, 0) is 37.1 Å². The molecule has 1 aliphatic heterocycles. The summed E-state index contributed by atoms with van der Waals surface area (Å²) in [5.74, 6) is -0.283. The van der Waals surface area contributed by atoms with E-state index in [9.17, 15) is 14.7 Å². The molecule has 1 N–H and O–H groups in total. The van der Waals surface area contributed by atoms with Gasteiger partial charge in [-0.1, -0.05) is 37.0 Å². The van der Waals surface area contributed by atoms with Crippen molar-refractivity contribution in [2.75, 3.05) is 13.7 Å². The first kappa shape index (κ1) is 19.3. The van der Waals surface area contributed by atoms with E-state index in [0.717, 1.165) is 17.3 Å². The Labute approximate surface area is 155 Å². The van der Waals surface area contributed by atoms with E-state index in [1.165, 1.54) is 4.90 Å². The van der Waals surface area contributed by atoms with E-state index in [2.05, 4.69) is 0 Å². The zero-order valence-electron chi connectivity index (χ0n) is 14.1. The highest BCUT2D eigenvalue weighted by molar-refractivity contribution is 8.26. The lowest BCUT2D eigenvalue weighted by Gasteiger charge is -2.21. The van der Waals surface area contributed by atoms with Crippen molar-refractivity contribution in [3.63, 3.8) is 0 Å². The van der Waals surface area contributed by atoms with Gasteiger partial charge in [0.1, 0.15) is 10.4 Å². The fourth-order valence-electron chi connectivity index (χ4n) is 2.42. The summed E-state index contributed by atoms with van der Waals surface area (Å²) in [5, 5.41) is 9.28. The average Bonchev–Trinajstić information content (AvgIpc) is 2.84. The third kappa shape index (κ3) is 4.13. The van der Waals surface area contributed by atoms with Gasteiger partial charge in [-0.3, -0.25) is 9.69 Å². The number of carbonyl (C=O) groups excluding carboxylic acids is 1. The largest absolute Gasteiger partial charge is 0.493 e. The molecule has 0 spiro atoms. The maximum atomic E-state index is 12.6. The van der Waals surface area contributed by atoms with Crippen LogP contribution in [0.25, 0.3) is 6.08 Å². The molecule has 0 unspecified atom stereocenters. The number of carboxylic acid groups (broad SMARTS) is 1. The highest BCUT2D eigenvalue weighted by atomic mass is 32.2. The Morgan fingerprint density at radius 3 is 2.68 bits per heavy atom. The summed E-state index contributed by atoms with van der Waals surface area (Å²) in [6.45, 7) is 4.10. The molecule has 0 radical (unpaired) electrons. The number of nitrogens with zero attached hydrogens (tertiary/aromatic N) is 1. The van der Waals surface area contributed by atoms with Crippen LogP contribution in [0.2, 0.25) is 0 Å². The number of hydrogen-bond donors (Lipinski definition) is 1. The molecule has 25 heavy (non-hydrogen) atoms. The number of aliphatic carboxylic acids is 1. The van der Waals surface area contributed by atoms with Crippen LogP contribution in [0.15, 0.2) is 23.1 Å². The monoisotopic (exact) mass is 381 g/mol. The van der Waals surface area contributed by atoms with Crippen molar-refractivity contribution in [3.8, 4) is 11.5 Å². The third-order valence-electron chi connectivity index (χ3n) is 3.59. The van der Waals surface area contributed by atoms with Crippen molar-refractivity contribution >= 4 is 46.3 Å². The summed E-state index contributed by atoms with van der Waals surface area (Å²) in [7, 11) is 1.54. The number of hydrogen-bond acceptors (Lipinski definition) is 6. The van der Waals surface area contributed by atoms with Crippen LogP contribution >= 0.6 is 24.0 Å². The summed E-state index contributed by atoms with van der Waals surface area (Å²) in [6, 6.07) is 4.37. The molecule has 1 atom stereocenters. The summed E-state index contributed by atoms with van der Waals surface area (Å²) < 4.78 is 11.0. The van der Waals surface area contributed by atoms with E-state index >= 15 is 0 Å². The molecule has 1 aromatic rings. The van der Waals surface area contributed by atoms with Crippen LogP contribution in [-0.4, -0.2) is 46.0 Å². The number of amides is 1. The van der Waals surface area contributed by atoms with Crippen molar-refractivity contribution in [2.45, 2.75) is 26.3 Å². The highest BCUT2D eigenvalue weighted by Gasteiger charge is 2.39. The Morgan fingerprint density at radius 2 is 2.12 bits per heavy atom. The number of ether oxygens (including phenoxy) is 2.